The summed E-state index contributed by atoms with van der Waals surface area (Å²) < 4.78 is 31.9. The minimum Gasteiger partial charge on any atom is -0.444 e. The number of benzene rings is 2. The zero-order valence-electron chi connectivity index (χ0n) is 20.9. The number of carbonyl (C=O) groups is 1. The molecule has 1 unspecified atom stereocenters. The van der Waals surface area contributed by atoms with Gasteiger partial charge in [-0.2, -0.15) is 0 Å². The Morgan fingerprint density at radius 3 is 2.14 bits per heavy atom. The van der Waals surface area contributed by atoms with Crippen LogP contribution in [0.2, 0.25) is 0 Å². The maximum atomic E-state index is 13.3. The third-order valence-corrected chi connectivity index (χ3v) is 7.55. The molecule has 10 heteroatoms. The number of amides is 1. The van der Waals surface area contributed by atoms with E-state index in [0.29, 0.717) is 12.1 Å². The van der Waals surface area contributed by atoms with Gasteiger partial charge in [0.25, 0.3) is 0 Å². The zero-order chi connectivity index (χ0) is 26.2. The van der Waals surface area contributed by atoms with E-state index in [1.807, 2.05) is 35.8 Å². The van der Waals surface area contributed by atoms with E-state index in [2.05, 4.69) is 10.6 Å². The molecule has 0 fully saturated rings. The van der Waals surface area contributed by atoms with E-state index in [1.165, 1.54) is 24.3 Å². The molecule has 5 N–H and O–H groups in total. The molecule has 2 aromatic rings. The number of hydrogen-bond acceptors (Lipinski definition) is 8. The highest BCUT2D eigenvalue weighted by atomic mass is 32.2. The van der Waals surface area contributed by atoms with Gasteiger partial charge in [-0.3, -0.25) is 16.0 Å². The second kappa shape index (κ2) is 12.3. The smallest absolute Gasteiger partial charge is 0.407 e. The minimum atomic E-state index is -3.80. The van der Waals surface area contributed by atoms with Crippen molar-refractivity contribution in [2.75, 3.05) is 12.0 Å². The summed E-state index contributed by atoms with van der Waals surface area (Å²) in [4.78, 5) is 12.5. The normalized spacial score (nSPS) is 14.7. The molecule has 2 aromatic carbocycles. The fraction of sp³-hybridized carbons (Fsp3) is 0.480. The first kappa shape index (κ1) is 28.6. The van der Waals surface area contributed by atoms with Crippen LogP contribution in [0.3, 0.4) is 0 Å². The van der Waals surface area contributed by atoms with Gasteiger partial charge in [0.2, 0.25) is 0 Å². The lowest BCUT2D eigenvalue weighted by atomic mass is 10.0. The van der Waals surface area contributed by atoms with Gasteiger partial charge in [0.1, 0.15) is 11.0 Å². The predicted octanol–water partition coefficient (Wildman–Crippen LogP) is 3.33. The third kappa shape index (κ3) is 8.81. The number of aliphatic hydroxyl groups excluding tert-OH is 1. The first-order valence-electron chi connectivity index (χ1n) is 11.5. The van der Waals surface area contributed by atoms with E-state index < -0.39 is 39.1 Å². The van der Waals surface area contributed by atoms with Crippen molar-refractivity contribution in [3.8, 4) is 0 Å². The van der Waals surface area contributed by atoms with Gasteiger partial charge < -0.3 is 15.2 Å². The van der Waals surface area contributed by atoms with E-state index in [4.69, 9.17) is 9.94 Å². The van der Waals surface area contributed by atoms with Crippen molar-refractivity contribution in [1.82, 2.24) is 10.6 Å². The van der Waals surface area contributed by atoms with Crippen molar-refractivity contribution in [3.63, 3.8) is 0 Å². The Balaban J connectivity index is 2.18. The van der Waals surface area contributed by atoms with Gasteiger partial charge in [-0.15, -0.1) is 0 Å². The van der Waals surface area contributed by atoms with Crippen LogP contribution in [0.25, 0.3) is 0 Å². The van der Waals surface area contributed by atoms with E-state index in [0.717, 1.165) is 5.56 Å². The van der Waals surface area contributed by atoms with Crippen LogP contribution in [0.15, 0.2) is 59.5 Å². The summed E-state index contributed by atoms with van der Waals surface area (Å²) in [6.45, 7) is 8.71. The molecule has 0 spiro atoms. The van der Waals surface area contributed by atoms with Gasteiger partial charge in [0.05, 0.1) is 22.7 Å². The average Bonchev–Trinajstić information content (AvgIpc) is 2.77. The largest absolute Gasteiger partial charge is 0.444 e. The zero-order valence-corrected chi connectivity index (χ0v) is 21.7. The Hall–Kier alpha value is -2.66. The quantitative estimate of drug-likeness (QED) is 0.292. The van der Waals surface area contributed by atoms with Crippen LogP contribution in [0.4, 0.5) is 10.5 Å². The number of rotatable bonds is 11. The third-order valence-electron chi connectivity index (χ3n) is 5.24. The molecule has 9 nitrogen and oxygen atoms in total. The van der Waals surface area contributed by atoms with Crippen LogP contribution in [0.1, 0.15) is 40.2 Å². The first-order valence-corrected chi connectivity index (χ1v) is 13.1. The number of aliphatic hydroxyl groups is 1. The van der Waals surface area contributed by atoms with Gasteiger partial charge in [-0.25, -0.2) is 13.2 Å². The molecule has 1 amide bonds. The standard InChI is InChI=1S/C25H37N3O6S/c1-17(2)23(35(32,33)20-13-11-19(28-31)12-14-20)26-16-22(29)21(15-18-9-7-6-8-10-18)27-24(30)34-25(3,4)5/h6-14,17,21-23,26,28-29,31H,15-16H2,1-5H3,(H,27,30)/t21-,22+,23?/m0/s1. The van der Waals surface area contributed by atoms with Crippen LogP contribution in [-0.2, 0) is 21.0 Å². The van der Waals surface area contributed by atoms with Crippen molar-refractivity contribution >= 4 is 21.6 Å². The van der Waals surface area contributed by atoms with E-state index in [9.17, 15) is 18.3 Å². The van der Waals surface area contributed by atoms with Crippen molar-refractivity contribution in [2.45, 2.75) is 69.1 Å². The molecule has 0 aliphatic carbocycles. The molecule has 194 valence electrons. The Bertz CT molecular complexity index is 1040. The number of sulfone groups is 1. The highest BCUT2D eigenvalue weighted by Crippen LogP contribution is 2.22. The van der Waals surface area contributed by atoms with E-state index >= 15 is 0 Å². The molecule has 0 saturated carbocycles. The second-order valence-electron chi connectivity index (χ2n) is 9.76. The SMILES string of the molecule is CC(C)C(NC[C@@H](O)[C@H](Cc1ccccc1)NC(=O)OC(C)(C)C)S(=O)(=O)c1ccc(NO)cc1. The fourth-order valence-electron chi connectivity index (χ4n) is 3.56. The van der Waals surface area contributed by atoms with Crippen LogP contribution < -0.4 is 16.1 Å². The average molecular weight is 508 g/mol. The lowest BCUT2D eigenvalue weighted by molar-refractivity contribution is 0.0420. The molecule has 0 bridgehead atoms. The Morgan fingerprint density at radius 2 is 1.63 bits per heavy atom. The molecular formula is C25H37N3O6S. The lowest BCUT2D eigenvalue weighted by Gasteiger charge is -2.29. The fourth-order valence-corrected chi connectivity index (χ4v) is 5.40. The number of alkyl carbamates (subject to hydrolysis) is 1. The van der Waals surface area contributed by atoms with Crippen molar-refractivity contribution in [2.24, 2.45) is 5.92 Å². The minimum absolute atomic E-state index is 0.0777. The number of carbonyl (C=O) groups excluding carboxylic acids is 1. The van der Waals surface area contributed by atoms with Crippen LogP contribution in [0.5, 0.6) is 0 Å². The van der Waals surface area contributed by atoms with E-state index in [1.54, 1.807) is 34.6 Å². The maximum Gasteiger partial charge on any atom is 0.407 e. The van der Waals surface area contributed by atoms with Crippen LogP contribution >= 0.6 is 0 Å². The summed E-state index contributed by atoms with van der Waals surface area (Å²) >= 11 is 0. The summed E-state index contributed by atoms with van der Waals surface area (Å²) in [5.74, 6) is -0.311. The molecule has 35 heavy (non-hydrogen) atoms. The van der Waals surface area contributed by atoms with Crippen molar-refractivity contribution < 1.29 is 28.3 Å². The summed E-state index contributed by atoms with van der Waals surface area (Å²) in [5, 5.41) is 24.7. The van der Waals surface area contributed by atoms with Crippen molar-refractivity contribution in [3.05, 3.63) is 60.2 Å². The number of hydrogen-bond donors (Lipinski definition) is 5. The molecule has 0 saturated heterocycles. The molecule has 0 aliphatic heterocycles. The Labute approximate surface area is 207 Å². The Morgan fingerprint density at radius 1 is 1.03 bits per heavy atom. The predicted molar refractivity (Wildman–Crippen MR) is 135 cm³/mol. The summed E-state index contributed by atoms with van der Waals surface area (Å²) in [6.07, 6.45) is -1.43. The summed E-state index contributed by atoms with van der Waals surface area (Å²) in [7, 11) is -3.80. The van der Waals surface area contributed by atoms with Crippen molar-refractivity contribution in [1.29, 1.82) is 0 Å². The van der Waals surface area contributed by atoms with Crippen LogP contribution in [0, 0.1) is 5.92 Å². The van der Waals surface area contributed by atoms with Gasteiger partial charge in [-0.05, 0) is 62.9 Å². The molecule has 0 aliphatic rings. The van der Waals surface area contributed by atoms with Gasteiger partial charge in [-0.1, -0.05) is 44.2 Å². The number of anilines is 1. The molecule has 3 atom stereocenters. The molecular weight excluding hydrogens is 470 g/mol. The summed E-state index contributed by atoms with van der Waals surface area (Å²) in [6, 6.07) is 14.4. The van der Waals surface area contributed by atoms with E-state index in [-0.39, 0.29) is 17.4 Å². The van der Waals surface area contributed by atoms with Crippen LogP contribution in [-0.4, -0.2) is 54.5 Å². The molecule has 0 heterocycles. The molecule has 0 radical (unpaired) electrons. The van der Waals surface area contributed by atoms with Gasteiger partial charge in [0, 0.05) is 6.54 Å². The lowest BCUT2D eigenvalue weighted by Crippen LogP contribution is -2.52. The topological polar surface area (TPSA) is 137 Å². The van der Waals surface area contributed by atoms with Gasteiger partial charge in [0.15, 0.2) is 9.84 Å². The molecule has 0 aromatic heterocycles. The Kier molecular flexibility index (Phi) is 10.1. The molecule has 2 rings (SSSR count). The summed E-state index contributed by atoms with van der Waals surface area (Å²) in [5.41, 5.74) is 2.53. The maximum absolute atomic E-state index is 13.3. The number of nitrogens with one attached hydrogen (secondary N) is 3. The first-order chi connectivity index (χ1) is 16.3. The highest BCUT2D eigenvalue weighted by Gasteiger charge is 2.32. The monoisotopic (exact) mass is 507 g/mol. The highest BCUT2D eigenvalue weighted by molar-refractivity contribution is 7.92. The van der Waals surface area contributed by atoms with Gasteiger partial charge >= 0.3 is 6.09 Å². The second-order valence-corrected chi connectivity index (χ2v) is 11.8. The number of ether oxygens (including phenoxy) is 1.